The van der Waals surface area contributed by atoms with Crippen LogP contribution in [0.2, 0.25) is 5.02 Å². The molecule has 0 fully saturated rings. The summed E-state index contributed by atoms with van der Waals surface area (Å²) in [6.45, 7) is 3.74. The minimum absolute atomic E-state index is 0.0608. The SMILES string of the molecule is CCNCc1ccc(N/C(=C2\C(=O)Nc3cc(Cl)ccc32)c2ccc(CC(=O)O)cc2)cc1. The molecule has 0 atom stereocenters. The molecule has 4 rings (SSSR count). The summed E-state index contributed by atoms with van der Waals surface area (Å²) in [5.41, 5.74) is 6.01. The van der Waals surface area contributed by atoms with Crippen LogP contribution in [0.15, 0.2) is 66.7 Å². The fourth-order valence-corrected chi connectivity index (χ4v) is 3.93. The van der Waals surface area contributed by atoms with Gasteiger partial charge in [0, 0.05) is 22.8 Å². The van der Waals surface area contributed by atoms with Gasteiger partial charge in [-0.05, 0) is 47.5 Å². The smallest absolute Gasteiger partial charge is 0.307 e. The number of hydrogen-bond acceptors (Lipinski definition) is 4. The molecule has 0 radical (unpaired) electrons. The lowest BCUT2D eigenvalue weighted by Crippen LogP contribution is -2.12. The molecule has 0 spiro atoms. The Balaban J connectivity index is 1.76. The van der Waals surface area contributed by atoms with Crippen molar-refractivity contribution in [1.29, 1.82) is 0 Å². The van der Waals surface area contributed by atoms with Gasteiger partial charge in [0.2, 0.25) is 0 Å². The largest absolute Gasteiger partial charge is 0.481 e. The maximum atomic E-state index is 13.0. The third-order valence-corrected chi connectivity index (χ3v) is 5.61. The Bertz CT molecular complexity index is 1220. The van der Waals surface area contributed by atoms with E-state index < -0.39 is 5.97 Å². The van der Waals surface area contributed by atoms with Gasteiger partial charge in [0.15, 0.2) is 0 Å². The monoisotopic (exact) mass is 461 g/mol. The first-order valence-electron chi connectivity index (χ1n) is 10.7. The Morgan fingerprint density at radius 1 is 1.00 bits per heavy atom. The van der Waals surface area contributed by atoms with E-state index in [0.29, 0.717) is 27.5 Å². The lowest BCUT2D eigenvalue weighted by atomic mass is 9.98. The van der Waals surface area contributed by atoms with Crippen LogP contribution < -0.4 is 16.0 Å². The van der Waals surface area contributed by atoms with Crippen molar-refractivity contribution < 1.29 is 14.7 Å². The average Bonchev–Trinajstić information content (AvgIpc) is 3.11. The van der Waals surface area contributed by atoms with Crippen molar-refractivity contribution in [3.8, 4) is 0 Å². The molecule has 0 saturated heterocycles. The maximum absolute atomic E-state index is 13.0. The molecule has 4 N–H and O–H groups in total. The van der Waals surface area contributed by atoms with Crippen LogP contribution >= 0.6 is 11.6 Å². The number of carboxylic acids is 1. The summed E-state index contributed by atoms with van der Waals surface area (Å²) < 4.78 is 0. The van der Waals surface area contributed by atoms with E-state index in [1.54, 1.807) is 24.3 Å². The molecular weight excluding hydrogens is 438 g/mol. The summed E-state index contributed by atoms with van der Waals surface area (Å²) in [7, 11) is 0. The van der Waals surface area contributed by atoms with E-state index in [2.05, 4.69) is 22.9 Å². The topological polar surface area (TPSA) is 90.5 Å². The molecule has 1 heterocycles. The van der Waals surface area contributed by atoms with Crippen molar-refractivity contribution in [2.75, 3.05) is 17.2 Å². The van der Waals surface area contributed by atoms with Crippen LogP contribution in [0.1, 0.15) is 29.2 Å². The van der Waals surface area contributed by atoms with Gasteiger partial charge < -0.3 is 21.1 Å². The molecule has 0 saturated carbocycles. The maximum Gasteiger partial charge on any atom is 0.307 e. The molecule has 3 aromatic carbocycles. The van der Waals surface area contributed by atoms with Gasteiger partial charge >= 0.3 is 5.97 Å². The highest BCUT2D eigenvalue weighted by Gasteiger charge is 2.28. The average molecular weight is 462 g/mol. The number of nitrogens with one attached hydrogen (secondary N) is 3. The van der Waals surface area contributed by atoms with Gasteiger partial charge in [0.25, 0.3) is 5.91 Å². The highest BCUT2D eigenvalue weighted by Crippen LogP contribution is 2.38. The fraction of sp³-hybridized carbons (Fsp3) is 0.154. The Morgan fingerprint density at radius 2 is 1.70 bits per heavy atom. The van der Waals surface area contributed by atoms with Crippen LogP contribution in [0.4, 0.5) is 11.4 Å². The molecule has 0 aliphatic carbocycles. The number of carbonyl (C=O) groups excluding carboxylic acids is 1. The van der Waals surface area contributed by atoms with Gasteiger partial charge in [0.05, 0.1) is 23.4 Å². The predicted molar refractivity (Wildman–Crippen MR) is 132 cm³/mol. The van der Waals surface area contributed by atoms with Gasteiger partial charge in [-0.1, -0.05) is 61.0 Å². The normalized spacial score (nSPS) is 13.9. The van der Waals surface area contributed by atoms with Crippen molar-refractivity contribution in [1.82, 2.24) is 5.32 Å². The third kappa shape index (κ3) is 5.25. The standard InChI is InChI=1S/C26H24ClN3O3/c1-2-28-15-17-5-10-20(11-6-17)29-25(18-7-3-16(4-8-18)13-23(31)32)24-21-12-9-19(27)14-22(21)30-26(24)33/h3-12,14,28-29H,2,13,15H2,1H3,(H,30,33)(H,31,32)/b25-24-. The number of rotatable bonds is 8. The Kier molecular flexibility index (Phi) is 6.77. The number of fused-ring (bicyclic) bond motifs is 1. The van der Waals surface area contributed by atoms with Crippen molar-refractivity contribution >= 4 is 46.1 Å². The lowest BCUT2D eigenvalue weighted by molar-refractivity contribution is -0.136. The highest BCUT2D eigenvalue weighted by molar-refractivity contribution is 6.38. The summed E-state index contributed by atoms with van der Waals surface area (Å²) in [4.78, 5) is 24.0. The molecule has 6 nitrogen and oxygen atoms in total. The van der Waals surface area contributed by atoms with Crippen LogP contribution in [0.25, 0.3) is 11.3 Å². The zero-order valence-corrected chi connectivity index (χ0v) is 18.9. The molecule has 33 heavy (non-hydrogen) atoms. The van der Waals surface area contributed by atoms with Crippen molar-refractivity contribution in [3.05, 3.63) is 94.0 Å². The second-order valence-corrected chi connectivity index (χ2v) is 8.20. The first kappa shape index (κ1) is 22.6. The van der Waals surface area contributed by atoms with Crippen molar-refractivity contribution in [3.63, 3.8) is 0 Å². The van der Waals surface area contributed by atoms with Crippen molar-refractivity contribution in [2.24, 2.45) is 0 Å². The van der Waals surface area contributed by atoms with E-state index in [1.807, 2.05) is 42.5 Å². The summed E-state index contributed by atoms with van der Waals surface area (Å²) in [5.74, 6) is -1.12. The Labute approximate surface area is 197 Å². The second kappa shape index (κ2) is 9.90. The molecule has 0 bridgehead atoms. The number of aliphatic carboxylic acids is 1. The minimum Gasteiger partial charge on any atom is -0.481 e. The van der Waals surface area contributed by atoms with Crippen LogP contribution in [0.5, 0.6) is 0 Å². The van der Waals surface area contributed by atoms with Gasteiger partial charge in [-0.15, -0.1) is 0 Å². The van der Waals surface area contributed by atoms with Crippen molar-refractivity contribution in [2.45, 2.75) is 19.9 Å². The fourth-order valence-electron chi connectivity index (χ4n) is 3.76. The predicted octanol–water partition coefficient (Wildman–Crippen LogP) is 5.01. The van der Waals surface area contributed by atoms with E-state index in [1.165, 1.54) is 0 Å². The van der Waals surface area contributed by atoms with Crippen LogP contribution in [-0.2, 0) is 22.6 Å². The molecule has 168 valence electrons. The summed E-state index contributed by atoms with van der Waals surface area (Å²) in [6, 6.07) is 20.5. The molecule has 1 aliphatic rings. The lowest BCUT2D eigenvalue weighted by Gasteiger charge is -2.16. The van der Waals surface area contributed by atoms with Crippen LogP contribution in [0, 0.1) is 0 Å². The van der Waals surface area contributed by atoms with E-state index >= 15 is 0 Å². The van der Waals surface area contributed by atoms with Gasteiger partial charge in [0.1, 0.15) is 0 Å². The van der Waals surface area contributed by atoms with E-state index in [4.69, 9.17) is 16.7 Å². The number of anilines is 2. The van der Waals surface area contributed by atoms with E-state index in [9.17, 15) is 9.59 Å². The minimum atomic E-state index is -0.891. The molecule has 3 aromatic rings. The zero-order valence-electron chi connectivity index (χ0n) is 18.1. The third-order valence-electron chi connectivity index (χ3n) is 5.38. The first-order valence-corrected chi connectivity index (χ1v) is 11.1. The zero-order chi connectivity index (χ0) is 23.4. The van der Waals surface area contributed by atoms with E-state index in [0.717, 1.165) is 35.5 Å². The Morgan fingerprint density at radius 3 is 2.36 bits per heavy atom. The van der Waals surface area contributed by atoms with Crippen LogP contribution in [0.3, 0.4) is 0 Å². The van der Waals surface area contributed by atoms with Gasteiger partial charge in [-0.2, -0.15) is 0 Å². The van der Waals surface area contributed by atoms with Gasteiger partial charge in [-0.25, -0.2) is 0 Å². The molecule has 7 heteroatoms. The Hall–Kier alpha value is -3.61. The number of hydrogen-bond donors (Lipinski definition) is 4. The van der Waals surface area contributed by atoms with E-state index in [-0.39, 0.29) is 12.3 Å². The number of carbonyl (C=O) groups is 2. The van der Waals surface area contributed by atoms with Gasteiger partial charge in [-0.3, -0.25) is 9.59 Å². The number of benzene rings is 3. The first-order chi connectivity index (χ1) is 15.9. The van der Waals surface area contributed by atoms with Crippen LogP contribution in [-0.4, -0.2) is 23.5 Å². The highest BCUT2D eigenvalue weighted by atomic mass is 35.5. The summed E-state index contributed by atoms with van der Waals surface area (Å²) in [6.07, 6.45) is -0.0608. The summed E-state index contributed by atoms with van der Waals surface area (Å²) in [5, 5.41) is 19.2. The quantitative estimate of drug-likeness (QED) is 0.354. The number of halogens is 1. The molecule has 0 unspecified atom stereocenters. The number of amides is 1. The molecule has 1 amide bonds. The number of carboxylic acid groups (broad SMARTS) is 1. The molecule has 0 aromatic heterocycles. The molecular formula is C26H24ClN3O3. The molecule has 1 aliphatic heterocycles. The summed E-state index contributed by atoms with van der Waals surface area (Å²) >= 11 is 6.12. The second-order valence-electron chi connectivity index (χ2n) is 7.76.